The Bertz CT molecular complexity index is 441. The van der Waals surface area contributed by atoms with Crippen LogP contribution in [0.5, 0.6) is 5.75 Å². The second-order valence-electron chi connectivity index (χ2n) is 6.23. The van der Waals surface area contributed by atoms with Crippen molar-refractivity contribution >= 4 is 15.9 Å². The van der Waals surface area contributed by atoms with Gasteiger partial charge in [-0.3, -0.25) is 0 Å². The molecule has 1 aromatic rings. The average Bonchev–Trinajstić information content (AvgIpc) is 2.45. The fourth-order valence-corrected chi connectivity index (χ4v) is 4.07. The van der Waals surface area contributed by atoms with E-state index in [1.165, 1.54) is 37.7 Å². The number of benzene rings is 1. The first-order chi connectivity index (χ1) is 9.59. The second-order valence-corrected chi connectivity index (χ2v) is 7.08. The first-order valence-corrected chi connectivity index (χ1v) is 8.38. The molecule has 112 valence electrons. The molecule has 0 aliphatic heterocycles. The van der Waals surface area contributed by atoms with Crippen LogP contribution in [-0.4, -0.2) is 20.2 Å². The molecule has 1 saturated carbocycles. The van der Waals surface area contributed by atoms with Crippen LogP contribution < -0.4 is 10.1 Å². The van der Waals surface area contributed by atoms with Crippen molar-refractivity contribution in [2.75, 3.05) is 14.2 Å². The number of nitrogens with one attached hydrogen (secondary N) is 1. The van der Waals surface area contributed by atoms with Crippen molar-refractivity contribution < 1.29 is 4.74 Å². The van der Waals surface area contributed by atoms with Crippen LogP contribution in [0.2, 0.25) is 0 Å². The summed E-state index contributed by atoms with van der Waals surface area (Å²) >= 11 is 3.58. The summed E-state index contributed by atoms with van der Waals surface area (Å²) in [4.78, 5) is 0. The number of methoxy groups -OCH3 is 1. The smallest absolute Gasteiger partial charge is 0.133 e. The van der Waals surface area contributed by atoms with E-state index in [-0.39, 0.29) is 0 Å². The minimum absolute atomic E-state index is 0.430. The maximum atomic E-state index is 5.30. The maximum Gasteiger partial charge on any atom is 0.133 e. The van der Waals surface area contributed by atoms with E-state index in [9.17, 15) is 0 Å². The van der Waals surface area contributed by atoms with Gasteiger partial charge < -0.3 is 10.1 Å². The van der Waals surface area contributed by atoms with Gasteiger partial charge in [0.1, 0.15) is 5.75 Å². The van der Waals surface area contributed by atoms with Crippen LogP contribution in [0, 0.1) is 5.41 Å². The van der Waals surface area contributed by atoms with Crippen molar-refractivity contribution in [3.05, 3.63) is 28.2 Å². The van der Waals surface area contributed by atoms with Crippen molar-refractivity contribution in [3.8, 4) is 5.75 Å². The molecule has 1 N–H and O–H groups in total. The summed E-state index contributed by atoms with van der Waals surface area (Å²) in [5, 5.41) is 3.56. The van der Waals surface area contributed by atoms with E-state index in [1.54, 1.807) is 7.11 Å². The van der Waals surface area contributed by atoms with Gasteiger partial charge in [0.25, 0.3) is 0 Å². The Kier molecular flexibility index (Phi) is 5.50. The lowest BCUT2D eigenvalue weighted by atomic mass is 9.69. The molecule has 0 bridgehead atoms. The van der Waals surface area contributed by atoms with Crippen LogP contribution in [0.4, 0.5) is 0 Å². The lowest BCUT2D eigenvalue weighted by Gasteiger charge is -2.41. The zero-order valence-electron chi connectivity index (χ0n) is 12.8. The summed E-state index contributed by atoms with van der Waals surface area (Å²) in [5.74, 6) is 0.902. The molecule has 3 heteroatoms. The third kappa shape index (κ3) is 3.56. The Morgan fingerprint density at radius 2 is 2.00 bits per heavy atom. The Labute approximate surface area is 131 Å². The molecule has 1 aliphatic rings. The molecule has 1 unspecified atom stereocenters. The van der Waals surface area contributed by atoms with Crippen LogP contribution >= 0.6 is 15.9 Å². The highest BCUT2D eigenvalue weighted by Gasteiger charge is 2.34. The van der Waals surface area contributed by atoms with Gasteiger partial charge in [0.15, 0.2) is 0 Å². The van der Waals surface area contributed by atoms with Gasteiger partial charge in [-0.15, -0.1) is 0 Å². The minimum atomic E-state index is 0.430. The summed E-state index contributed by atoms with van der Waals surface area (Å²) in [6.07, 6.45) is 7.92. The predicted octanol–water partition coefficient (Wildman–Crippen LogP) is 4.56. The van der Waals surface area contributed by atoms with Crippen LogP contribution in [0.1, 0.15) is 44.6 Å². The molecule has 1 fully saturated rings. The van der Waals surface area contributed by atoms with Gasteiger partial charge in [0.2, 0.25) is 0 Å². The van der Waals surface area contributed by atoms with Crippen LogP contribution in [-0.2, 0) is 6.42 Å². The van der Waals surface area contributed by atoms with Crippen molar-refractivity contribution in [1.29, 1.82) is 0 Å². The van der Waals surface area contributed by atoms with E-state index in [1.807, 2.05) is 0 Å². The molecule has 20 heavy (non-hydrogen) atoms. The molecule has 0 heterocycles. The van der Waals surface area contributed by atoms with Gasteiger partial charge in [-0.2, -0.15) is 0 Å². The summed E-state index contributed by atoms with van der Waals surface area (Å²) in [5.41, 5.74) is 1.79. The van der Waals surface area contributed by atoms with E-state index in [0.717, 1.165) is 16.6 Å². The minimum Gasteiger partial charge on any atom is -0.496 e. The van der Waals surface area contributed by atoms with Gasteiger partial charge in [-0.1, -0.05) is 32.3 Å². The summed E-state index contributed by atoms with van der Waals surface area (Å²) in [7, 11) is 3.81. The largest absolute Gasteiger partial charge is 0.496 e. The summed E-state index contributed by atoms with van der Waals surface area (Å²) < 4.78 is 6.35. The molecule has 2 nitrogen and oxygen atoms in total. The zero-order chi connectivity index (χ0) is 14.6. The fourth-order valence-electron chi connectivity index (χ4n) is 3.48. The van der Waals surface area contributed by atoms with E-state index in [4.69, 9.17) is 4.74 Å². The Hall–Kier alpha value is -0.540. The first kappa shape index (κ1) is 15.8. The normalized spacial score (nSPS) is 19.6. The van der Waals surface area contributed by atoms with E-state index in [2.05, 4.69) is 53.4 Å². The van der Waals surface area contributed by atoms with Crippen molar-refractivity contribution in [1.82, 2.24) is 5.32 Å². The molecule has 0 saturated heterocycles. The van der Waals surface area contributed by atoms with Crippen molar-refractivity contribution in [2.24, 2.45) is 5.41 Å². The molecule has 2 rings (SSSR count). The highest BCUT2D eigenvalue weighted by molar-refractivity contribution is 9.10. The van der Waals surface area contributed by atoms with E-state index in [0.29, 0.717) is 11.5 Å². The van der Waals surface area contributed by atoms with Crippen molar-refractivity contribution in [3.63, 3.8) is 0 Å². The molecule has 0 aromatic heterocycles. The van der Waals surface area contributed by atoms with Crippen molar-refractivity contribution in [2.45, 2.75) is 51.5 Å². The number of hydrogen-bond donors (Lipinski definition) is 1. The highest BCUT2D eigenvalue weighted by Crippen LogP contribution is 2.40. The second kappa shape index (κ2) is 6.95. The van der Waals surface area contributed by atoms with Gasteiger partial charge in [0.05, 0.1) is 11.6 Å². The summed E-state index contributed by atoms with van der Waals surface area (Å²) in [6.45, 7) is 2.45. The third-order valence-electron chi connectivity index (χ3n) is 4.84. The Balaban J connectivity index is 2.11. The topological polar surface area (TPSA) is 21.3 Å². The lowest BCUT2D eigenvalue weighted by Crippen LogP contribution is -2.44. The van der Waals surface area contributed by atoms with Crippen LogP contribution in [0.15, 0.2) is 22.7 Å². The zero-order valence-corrected chi connectivity index (χ0v) is 14.4. The molecule has 0 radical (unpaired) electrons. The number of hydrogen-bond acceptors (Lipinski definition) is 2. The lowest BCUT2D eigenvalue weighted by molar-refractivity contribution is 0.149. The van der Waals surface area contributed by atoms with Gasteiger partial charge in [0, 0.05) is 6.04 Å². The fraction of sp³-hybridized carbons (Fsp3) is 0.647. The van der Waals surface area contributed by atoms with Gasteiger partial charge >= 0.3 is 0 Å². The Morgan fingerprint density at radius 1 is 1.30 bits per heavy atom. The highest BCUT2D eigenvalue weighted by atomic mass is 79.9. The van der Waals surface area contributed by atoms with Gasteiger partial charge in [-0.25, -0.2) is 0 Å². The third-order valence-corrected chi connectivity index (χ3v) is 5.46. The number of ether oxygens (including phenoxy) is 1. The monoisotopic (exact) mass is 339 g/mol. The number of likely N-dealkylation sites (N-methyl/N-ethyl adjacent to an activating group) is 1. The SMILES string of the molecule is CNC(Cc1ccc(OC)c(Br)c1)C1(C)CCCCC1. The molecule has 0 spiro atoms. The predicted molar refractivity (Wildman–Crippen MR) is 88.4 cm³/mol. The molecule has 1 aliphatic carbocycles. The van der Waals surface area contributed by atoms with Gasteiger partial charge in [-0.05, 0) is 65.4 Å². The van der Waals surface area contributed by atoms with Crippen LogP contribution in [0.25, 0.3) is 0 Å². The quantitative estimate of drug-likeness (QED) is 0.848. The average molecular weight is 340 g/mol. The molecular formula is C17H26BrNO. The Morgan fingerprint density at radius 3 is 2.55 bits per heavy atom. The number of halogens is 1. The van der Waals surface area contributed by atoms with Crippen LogP contribution in [0.3, 0.4) is 0 Å². The summed E-state index contributed by atoms with van der Waals surface area (Å²) in [6, 6.07) is 6.97. The standard InChI is InChI=1S/C17H26BrNO/c1-17(9-5-4-6-10-17)16(19-2)12-13-7-8-15(20-3)14(18)11-13/h7-8,11,16,19H,4-6,9-10,12H2,1-3H3. The molecule has 1 aromatic carbocycles. The van der Waals surface area contributed by atoms with E-state index < -0.39 is 0 Å². The first-order valence-electron chi connectivity index (χ1n) is 7.59. The maximum absolute atomic E-state index is 5.30. The molecule has 0 amide bonds. The molecule has 1 atom stereocenters. The molecular weight excluding hydrogens is 314 g/mol. The number of rotatable bonds is 5. The van der Waals surface area contributed by atoms with E-state index >= 15 is 0 Å².